The van der Waals surface area contributed by atoms with Crippen molar-refractivity contribution in [2.45, 2.75) is 50.7 Å². The summed E-state index contributed by atoms with van der Waals surface area (Å²) in [6.45, 7) is 1.93. The van der Waals surface area contributed by atoms with Crippen molar-refractivity contribution in [2.75, 3.05) is 0 Å². The lowest BCUT2D eigenvalue weighted by Crippen LogP contribution is -2.46. The van der Waals surface area contributed by atoms with Crippen molar-refractivity contribution < 1.29 is 14.3 Å². The number of fused-ring (bicyclic) bond motifs is 1. The molecule has 1 aliphatic rings. The molecule has 174 valence electrons. The van der Waals surface area contributed by atoms with Crippen LogP contribution in [-0.4, -0.2) is 37.8 Å². The minimum Gasteiger partial charge on any atom is -0.389 e. The molecule has 1 amide bonds. The van der Waals surface area contributed by atoms with Crippen LogP contribution in [0.25, 0.3) is 22.2 Å². The fraction of sp³-hybridized carbons (Fsp3) is 0.296. The Morgan fingerprint density at radius 1 is 1.24 bits per heavy atom. The predicted molar refractivity (Wildman–Crippen MR) is 129 cm³/mol. The molecule has 4 aromatic rings. The van der Waals surface area contributed by atoms with Crippen LogP contribution in [0, 0.1) is 12.7 Å². The molecule has 0 aliphatic heterocycles. The number of amides is 1. The second-order valence-corrected chi connectivity index (χ2v) is 9.28. The highest BCUT2D eigenvalue weighted by Gasteiger charge is 2.35. The van der Waals surface area contributed by atoms with Crippen molar-refractivity contribution in [2.24, 2.45) is 0 Å². The topological polar surface area (TPSA) is 90.9 Å². The molecule has 2 aromatic carbocycles. The lowest BCUT2D eigenvalue weighted by Gasteiger charge is -2.37. The normalized spacial score (nSPS) is 20.4. The summed E-state index contributed by atoms with van der Waals surface area (Å²) in [4.78, 5) is 17.4. The highest BCUT2D eigenvalue weighted by atomic mass is 19.1. The summed E-state index contributed by atoms with van der Waals surface area (Å²) < 4.78 is 14.1. The SMILES string of the molecule is Cc1cc(-c2n[nH]c3ccc(C(=O)NC4CCCC(O)(Cc5ccccc5F)C4)cc23)ccn1. The second kappa shape index (κ2) is 8.99. The van der Waals surface area contributed by atoms with E-state index in [1.807, 2.05) is 31.2 Å². The van der Waals surface area contributed by atoms with Crippen LogP contribution in [0.3, 0.4) is 0 Å². The van der Waals surface area contributed by atoms with Gasteiger partial charge in [-0.05, 0) is 74.6 Å². The van der Waals surface area contributed by atoms with Gasteiger partial charge >= 0.3 is 0 Å². The Balaban J connectivity index is 1.33. The van der Waals surface area contributed by atoms with Gasteiger partial charge in [-0.3, -0.25) is 14.9 Å². The summed E-state index contributed by atoms with van der Waals surface area (Å²) in [5.74, 6) is -0.504. The zero-order chi connectivity index (χ0) is 23.7. The van der Waals surface area contributed by atoms with Gasteiger partial charge in [0.25, 0.3) is 5.91 Å². The lowest BCUT2D eigenvalue weighted by molar-refractivity contribution is -0.00685. The van der Waals surface area contributed by atoms with E-state index in [-0.39, 0.29) is 24.2 Å². The van der Waals surface area contributed by atoms with E-state index in [0.717, 1.165) is 40.7 Å². The van der Waals surface area contributed by atoms with Gasteiger partial charge in [0.05, 0.1) is 11.1 Å². The Labute approximate surface area is 197 Å². The first-order chi connectivity index (χ1) is 16.4. The maximum absolute atomic E-state index is 14.1. The zero-order valence-corrected chi connectivity index (χ0v) is 19.0. The molecule has 2 atom stereocenters. The summed E-state index contributed by atoms with van der Waals surface area (Å²) in [6, 6.07) is 15.7. The number of aryl methyl sites for hydroxylation is 1. The number of benzene rings is 2. The number of carbonyl (C=O) groups is 1. The van der Waals surface area contributed by atoms with Gasteiger partial charge in [0.1, 0.15) is 11.5 Å². The third kappa shape index (κ3) is 4.56. The predicted octanol–water partition coefficient (Wildman–Crippen LogP) is 4.72. The molecule has 0 radical (unpaired) electrons. The van der Waals surface area contributed by atoms with E-state index in [1.54, 1.807) is 30.5 Å². The van der Waals surface area contributed by atoms with Crippen LogP contribution in [0.15, 0.2) is 60.8 Å². The Bertz CT molecular complexity index is 1350. The van der Waals surface area contributed by atoms with Crippen molar-refractivity contribution in [3.63, 3.8) is 0 Å². The molecule has 6 nitrogen and oxygen atoms in total. The molecule has 34 heavy (non-hydrogen) atoms. The Morgan fingerprint density at radius 2 is 2.09 bits per heavy atom. The molecule has 1 fully saturated rings. The van der Waals surface area contributed by atoms with Gasteiger partial charge < -0.3 is 10.4 Å². The summed E-state index contributed by atoms with van der Waals surface area (Å²) >= 11 is 0. The fourth-order valence-corrected chi connectivity index (χ4v) is 4.96. The highest BCUT2D eigenvalue weighted by Crippen LogP contribution is 2.33. The quantitative estimate of drug-likeness (QED) is 0.404. The van der Waals surface area contributed by atoms with Crippen molar-refractivity contribution in [1.29, 1.82) is 0 Å². The van der Waals surface area contributed by atoms with Crippen molar-refractivity contribution in [3.05, 3.63) is 83.4 Å². The number of H-pyrrole nitrogens is 1. The van der Waals surface area contributed by atoms with E-state index in [0.29, 0.717) is 24.0 Å². The molecular weight excluding hydrogens is 431 g/mol. The molecule has 3 N–H and O–H groups in total. The summed E-state index contributed by atoms with van der Waals surface area (Å²) in [6.07, 6.45) is 4.50. The van der Waals surface area contributed by atoms with E-state index in [4.69, 9.17) is 0 Å². The number of nitrogens with one attached hydrogen (secondary N) is 2. The lowest BCUT2D eigenvalue weighted by atomic mass is 9.78. The Hall–Kier alpha value is -3.58. The van der Waals surface area contributed by atoms with Crippen molar-refractivity contribution in [3.8, 4) is 11.3 Å². The first-order valence-corrected chi connectivity index (χ1v) is 11.6. The molecule has 0 spiro atoms. The molecule has 5 rings (SSSR count). The monoisotopic (exact) mass is 458 g/mol. The molecule has 1 aliphatic carbocycles. The minimum absolute atomic E-state index is 0.180. The third-order valence-corrected chi connectivity index (χ3v) is 6.63. The van der Waals surface area contributed by atoms with Gasteiger partial charge in [-0.25, -0.2) is 4.39 Å². The summed E-state index contributed by atoms with van der Waals surface area (Å²) in [5.41, 5.74) is 3.43. The van der Waals surface area contributed by atoms with Crippen LogP contribution < -0.4 is 5.32 Å². The van der Waals surface area contributed by atoms with Gasteiger partial charge in [0.15, 0.2) is 0 Å². The number of carbonyl (C=O) groups excluding carboxylic acids is 1. The number of halogens is 1. The van der Waals surface area contributed by atoms with Gasteiger partial charge in [-0.15, -0.1) is 0 Å². The first kappa shape index (κ1) is 22.2. The van der Waals surface area contributed by atoms with Crippen LogP contribution in [0.5, 0.6) is 0 Å². The number of hydrogen-bond donors (Lipinski definition) is 3. The largest absolute Gasteiger partial charge is 0.389 e. The number of rotatable bonds is 5. The number of aromatic nitrogens is 3. The average molecular weight is 459 g/mol. The molecule has 2 heterocycles. The van der Waals surface area contributed by atoms with Crippen LogP contribution in [-0.2, 0) is 6.42 Å². The number of pyridine rings is 1. The van der Waals surface area contributed by atoms with Crippen molar-refractivity contribution in [1.82, 2.24) is 20.5 Å². The van der Waals surface area contributed by atoms with Crippen LogP contribution in [0.4, 0.5) is 4.39 Å². The van der Waals surface area contributed by atoms with Crippen LogP contribution >= 0.6 is 0 Å². The van der Waals surface area contributed by atoms with E-state index in [2.05, 4.69) is 20.5 Å². The Morgan fingerprint density at radius 3 is 2.91 bits per heavy atom. The maximum atomic E-state index is 14.1. The van der Waals surface area contributed by atoms with Gasteiger partial charge in [-0.1, -0.05) is 18.2 Å². The van der Waals surface area contributed by atoms with E-state index in [1.165, 1.54) is 6.07 Å². The first-order valence-electron chi connectivity index (χ1n) is 11.6. The van der Waals surface area contributed by atoms with Gasteiger partial charge in [0.2, 0.25) is 0 Å². The van der Waals surface area contributed by atoms with Gasteiger partial charge in [-0.2, -0.15) is 5.10 Å². The number of nitrogens with zero attached hydrogens (tertiary/aromatic N) is 2. The van der Waals surface area contributed by atoms with E-state index >= 15 is 0 Å². The minimum atomic E-state index is -1.04. The zero-order valence-electron chi connectivity index (χ0n) is 19.0. The summed E-state index contributed by atoms with van der Waals surface area (Å²) in [7, 11) is 0. The highest BCUT2D eigenvalue weighted by molar-refractivity contribution is 6.01. The Kier molecular flexibility index (Phi) is 5.87. The van der Waals surface area contributed by atoms with E-state index in [9.17, 15) is 14.3 Å². The molecule has 0 saturated heterocycles. The van der Waals surface area contributed by atoms with Crippen LogP contribution in [0.1, 0.15) is 47.3 Å². The fourth-order valence-electron chi connectivity index (χ4n) is 4.96. The number of hydrogen-bond acceptors (Lipinski definition) is 4. The maximum Gasteiger partial charge on any atom is 0.251 e. The average Bonchev–Trinajstić information content (AvgIpc) is 3.24. The van der Waals surface area contributed by atoms with Crippen LogP contribution in [0.2, 0.25) is 0 Å². The molecule has 1 saturated carbocycles. The molecule has 2 unspecified atom stereocenters. The van der Waals surface area contributed by atoms with Gasteiger partial charge in [0, 0.05) is 40.9 Å². The second-order valence-electron chi connectivity index (χ2n) is 9.28. The van der Waals surface area contributed by atoms with E-state index < -0.39 is 5.60 Å². The summed E-state index contributed by atoms with van der Waals surface area (Å²) in [5, 5.41) is 22.6. The molecule has 2 aromatic heterocycles. The molecule has 0 bridgehead atoms. The molecule has 7 heteroatoms. The number of aromatic amines is 1. The molecular formula is C27H27FN4O2. The smallest absolute Gasteiger partial charge is 0.251 e. The third-order valence-electron chi connectivity index (χ3n) is 6.63. The standard InChI is InChI=1S/C27H27FN4O2/c1-17-13-18(10-12-29-17)25-22-14-19(8-9-24(22)31-32-25)26(33)30-21-6-4-11-27(34,16-21)15-20-5-2-3-7-23(20)28/h2-3,5,7-10,12-14,21,34H,4,6,11,15-16H2,1H3,(H,30,33)(H,31,32). The number of aliphatic hydroxyl groups is 1. The van der Waals surface area contributed by atoms with Crippen molar-refractivity contribution >= 4 is 16.8 Å².